The fourth-order valence-corrected chi connectivity index (χ4v) is 4.07. The van der Waals surface area contributed by atoms with Crippen LogP contribution in [-0.4, -0.2) is 0 Å². The van der Waals surface area contributed by atoms with Gasteiger partial charge in [0.1, 0.15) is 5.82 Å². The van der Waals surface area contributed by atoms with Gasteiger partial charge in [0, 0.05) is 11.1 Å². The van der Waals surface area contributed by atoms with Crippen LogP contribution in [-0.2, 0) is 0 Å². The molecule has 1 unspecified atom stereocenters. The first-order valence-electron chi connectivity index (χ1n) is 11.4. The Morgan fingerprint density at radius 2 is 1.55 bits per heavy atom. The minimum Gasteiger partial charge on any atom is -0.462 e. The van der Waals surface area contributed by atoms with E-state index in [9.17, 15) is 13.2 Å². The van der Waals surface area contributed by atoms with E-state index in [4.69, 9.17) is 4.74 Å². The van der Waals surface area contributed by atoms with Crippen LogP contribution in [0, 0.1) is 23.4 Å². The number of allylic oxidation sites excluding steroid dienone is 3. The van der Waals surface area contributed by atoms with Crippen molar-refractivity contribution in [3.8, 4) is 28.0 Å². The second-order valence-electron chi connectivity index (χ2n) is 8.52. The number of hydrogen-bond acceptors (Lipinski definition) is 1. The molecule has 0 radical (unpaired) electrons. The average Bonchev–Trinajstić information content (AvgIpc) is 2.83. The zero-order chi connectivity index (χ0) is 23.4. The molecule has 3 aromatic rings. The molecule has 0 heterocycles. The van der Waals surface area contributed by atoms with Gasteiger partial charge < -0.3 is 4.74 Å². The molecular weight excluding hydrogens is 421 g/mol. The number of ether oxygens (including phenoxy) is 1. The third kappa shape index (κ3) is 5.05. The maximum Gasteiger partial charge on any atom is 0.201 e. The fourth-order valence-electron chi connectivity index (χ4n) is 4.07. The highest BCUT2D eigenvalue weighted by molar-refractivity contribution is 5.74. The Morgan fingerprint density at radius 1 is 0.879 bits per heavy atom. The summed E-state index contributed by atoms with van der Waals surface area (Å²) in [5, 5.41) is 0. The lowest BCUT2D eigenvalue weighted by Crippen LogP contribution is -2.01. The number of benzene rings is 3. The molecule has 0 spiro atoms. The van der Waals surface area contributed by atoms with E-state index in [1.807, 2.05) is 13.0 Å². The lowest BCUT2D eigenvalue weighted by molar-refractivity contribution is 0.415. The third-order valence-electron chi connectivity index (χ3n) is 6.09. The Kier molecular flexibility index (Phi) is 7.02. The first-order chi connectivity index (χ1) is 16.0. The summed E-state index contributed by atoms with van der Waals surface area (Å²) in [6.07, 6.45) is 9.11. The lowest BCUT2D eigenvalue weighted by atomic mass is 9.87. The minimum atomic E-state index is -1.04. The van der Waals surface area contributed by atoms with Gasteiger partial charge in [-0.1, -0.05) is 56.3 Å². The minimum absolute atomic E-state index is 0.125. The van der Waals surface area contributed by atoms with Gasteiger partial charge in [0.15, 0.2) is 11.6 Å². The Morgan fingerprint density at radius 3 is 2.18 bits per heavy atom. The molecule has 0 N–H and O–H groups in total. The molecule has 1 aliphatic carbocycles. The van der Waals surface area contributed by atoms with Crippen molar-refractivity contribution in [1.29, 1.82) is 0 Å². The highest BCUT2D eigenvalue weighted by atomic mass is 19.2. The summed E-state index contributed by atoms with van der Waals surface area (Å²) < 4.78 is 49.1. The van der Waals surface area contributed by atoms with E-state index in [1.165, 1.54) is 24.0 Å². The number of hydrogen-bond donors (Lipinski definition) is 0. The van der Waals surface area contributed by atoms with Crippen LogP contribution in [0.25, 0.3) is 27.8 Å². The van der Waals surface area contributed by atoms with Crippen molar-refractivity contribution >= 4 is 5.57 Å². The molecule has 33 heavy (non-hydrogen) atoms. The maximum atomic E-state index is 14.9. The molecule has 170 valence electrons. The van der Waals surface area contributed by atoms with Crippen LogP contribution >= 0.6 is 0 Å². The molecule has 3 aromatic carbocycles. The van der Waals surface area contributed by atoms with Crippen molar-refractivity contribution in [2.45, 2.75) is 39.5 Å². The van der Waals surface area contributed by atoms with Crippen LogP contribution in [0.15, 0.2) is 73.0 Å². The van der Waals surface area contributed by atoms with Gasteiger partial charge in [-0.2, -0.15) is 4.39 Å². The van der Waals surface area contributed by atoms with Crippen molar-refractivity contribution in [2.24, 2.45) is 5.92 Å². The highest BCUT2D eigenvalue weighted by Crippen LogP contribution is 2.34. The molecule has 4 rings (SSSR count). The van der Waals surface area contributed by atoms with Crippen LogP contribution in [0.2, 0.25) is 0 Å². The van der Waals surface area contributed by atoms with Crippen LogP contribution in [0.3, 0.4) is 0 Å². The highest BCUT2D eigenvalue weighted by Gasteiger charge is 2.17. The van der Waals surface area contributed by atoms with E-state index in [0.29, 0.717) is 22.6 Å². The Hall–Kier alpha value is -3.27. The normalized spacial score (nSPS) is 16.2. The molecule has 1 nitrogen and oxygen atoms in total. The van der Waals surface area contributed by atoms with E-state index in [2.05, 4.69) is 13.0 Å². The van der Waals surface area contributed by atoms with Gasteiger partial charge in [-0.25, -0.2) is 8.78 Å². The first-order valence-corrected chi connectivity index (χ1v) is 11.4. The molecule has 0 saturated carbocycles. The molecule has 0 aromatic heterocycles. The predicted octanol–water partition coefficient (Wildman–Crippen LogP) is 8.94. The van der Waals surface area contributed by atoms with Crippen LogP contribution < -0.4 is 4.74 Å². The zero-order valence-corrected chi connectivity index (χ0v) is 18.9. The van der Waals surface area contributed by atoms with Crippen molar-refractivity contribution in [3.05, 3.63) is 96.0 Å². The standard InChI is InChI=1S/C29H27F3O/c1-3-4-17-33-27-16-15-25(28(31)29(27)32)22-11-9-21(10-12-22)24-14-13-23(18-26(24)30)20-7-5-19(2)6-8-20/h4,7,9-19H,3,5-6,8H2,1-2H3/b17-4-. The van der Waals surface area contributed by atoms with Gasteiger partial charge in [0.25, 0.3) is 0 Å². The van der Waals surface area contributed by atoms with Gasteiger partial charge >= 0.3 is 0 Å². The predicted molar refractivity (Wildman–Crippen MR) is 128 cm³/mol. The summed E-state index contributed by atoms with van der Waals surface area (Å²) in [6, 6.07) is 15.0. The van der Waals surface area contributed by atoms with E-state index in [1.54, 1.807) is 42.5 Å². The molecule has 0 fully saturated rings. The van der Waals surface area contributed by atoms with E-state index in [-0.39, 0.29) is 17.1 Å². The van der Waals surface area contributed by atoms with Crippen molar-refractivity contribution in [2.75, 3.05) is 0 Å². The average molecular weight is 449 g/mol. The molecule has 0 amide bonds. The zero-order valence-electron chi connectivity index (χ0n) is 18.9. The molecule has 1 atom stereocenters. The smallest absolute Gasteiger partial charge is 0.201 e. The van der Waals surface area contributed by atoms with Gasteiger partial charge in [0.05, 0.1) is 6.26 Å². The van der Waals surface area contributed by atoms with Gasteiger partial charge in [-0.05, 0) is 78.1 Å². The fraction of sp³-hybridized carbons (Fsp3) is 0.241. The summed E-state index contributed by atoms with van der Waals surface area (Å²) >= 11 is 0. The lowest BCUT2D eigenvalue weighted by Gasteiger charge is -2.19. The summed E-state index contributed by atoms with van der Waals surface area (Å²) in [4.78, 5) is 0. The van der Waals surface area contributed by atoms with Crippen molar-refractivity contribution in [1.82, 2.24) is 0 Å². The molecule has 0 saturated heterocycles. The third-order valence-corrected chi connectivity index (χ3v) is 6.09. The number of halogens is 3. The quantitative estimate of drug-likeness (QED) is 0.342. The molecule has 0 aliphatic heterocycles. The second-order valence-corrected chi connectivity index (χ2v) is 8.52. The van der Waals surface area contributed by atoms with Gasteiger partial charge in [-0.3, -0.25) is 0 Å². The van der Waals surface area contributed by atoms with E-state index >= 15 is 0 Å². The van der Waals surface area contributed by atoms with E-state index < -0.39 is 11.6 Å². The monoisotopic (exact) mass is 448 g/mol. The van der Waals surface area contributed by atoms with Crippen LogP contribution in [0.5, 0.6) is 5.75 Å². The SMILES string of the molecule is CC/C=C\Oc1ccc(-c2ccc(-c3ccc(C4=CCC(C)CC4)cc3F)cc2)c(F)c1F. The Bertz CT molecular complexity index is 1190. The van der Waals surface area contributed by atoms with Crippen LogP contribution in [0.1, 0.15) is 45.1 Å². The van der Waals surface area contributed by atoms with Crippen LogP contribution in [0.4, 0.5) is 13.2 Å². The van der Waals surface area contributed by atoms with Crippen molar-refractivity contribution < 1.29 is 17.9 Å². The second kappa shape index (κ2) is 10.1. The molecule has 4 heteroatoms. The maximum absolute atomic E-state index is 14.9. The summed E-state index contributed by atoms with van der Waals surface area (Å²) in [7, 11) is 0. The van der Waals surface area contributed by atoms with Crippen molar-refractivity contribution in [3.63, 3.8) is 0 Å². The summed E-state index contributed by atoms with van der Waals surface area (Å²) in [5.74, 6) is -1.79. The number of rotatable bonds is 6. The van der Waals surface area contributed by atoms with Gasteiger partial charge in [-0.15, -0.1) is 0 Å². The molecule has 1 aliphatic rings. The largest absolute Gasteiger partial charge is 0.462 e. The van der Waals surface area contributed by atoms with E-state index in [0.717, 1.165) is 31.2 Å². The van der Waals surface area contributed by atoms with Gasteiger partial charge in [0.2, 0.25) is 5.82 Å². The summed E-state index contributed by atoms with van der Waals surface area (Å²) in [5.41, 5.74) is 3.91. The topological polar surface area (TPSA) is 9.23 Å². The molecule has 0 bridgehead atoms. The first kappa shape index (κ1) is 22.9. The Labute approximate surface area is 193 Å². The summed E-state index contributed by atoms with van der Waals surface area (Å²) in [6.45, 7) is 4.15. The Balaban J connectivity index is 1.56. The molecular formula is C29H27F3O.